The lowest BCUT2D eigenvalue weighted by Crippen LogP contribution is -2.66. The van der Waals surface area contributed by atoms with E-state index in [0.29, 0.717) is 30.1 Å². The molecule has 6 aliphatic carbocycles. The van der Waals surface area contributed by atoms with Gasteiger partial charge in [0, 0.05) is 0 Å². The zero-order valence-electron chi connectivity index (χ0n) is 27.8. The normalized spacial score (nSPS) is 45.4. The van der Waals surface area contributed by atoms with E-state index in [1.54, 1.807) is 0 Å². The van der Waals surface area contributed by atoms with Gasteiger partial charge >= 0.3 is 17.9 Å². The van der Waals surface area contributed by atoms with Gasteiger partial charge in [0.15, 0.2) is 5.41 Å². The Kier molecular flexibility index (Phi) is 7.05. The molecule has 0 spiro atoms. The topological polar surface area (TPSA) is 112 Å². The van der Waals surface area contributed by atoms with Crippen molar-refractivity contribution in [1.82, 2.24) is 0 Å². The molecule has 0 aromatic rings. The number of carboxylic acids is 3. The maximum Gasteiger partial charge on any atom is 0.321 e. The highest BCUT2D eigenvalue weighted by Gasteiger charge is 2.71. The van der Waals surface area contributed by atoms with Crippen LogP contribution in [-0.2, 0) is 14.4 Å². The van der Waals surface area contributed by atoms with Crippen molar-refractivity contribution < 1.29 is 29.7 Å². The van der Waals surface area contributed by atoms with Crippen molar-refractivity contribution in [3.63, 3.8) is 0 Å². The van der Waals surface area contributed by atoms with Crippen LogP contribution in [0.5, 0.6) is 0 Å². The van der Waals surface area contributed by atoms with Crippen molar-refractivity contribution in [2.24, 2.45) is 62.1 Å². The lowest BCUT2D eigenvalue weighted by molar-refractivity contribution is -0.229. The fraction of sp³-hybridized carbons (Fsp3) is 0.763. The lowest BCUT2D eigenvalue weighted by atomic mass is 9.32. The summed E-state index contributed by atoms with van der Waals surface area (Å²) in [6, 6.07) is 0. The van der Waals surface area contributed by atoms with Crippen molar-refractivity contribution in [3.05, 3.63) is 35.5 Å². The Morgan fingerprint density at radius 1 is 0.750 bits per heavy atom. The number of allylic oxidation sites excluding steroid dienone is 5. The number of hydrogen-bond donors (Lipinski definition) is 3. The first-order chi connectivity index (χ1) is 20.4. The third kappa shape index (κ3) is 3.81. The van der Waals surface area contributed by atoms with Crippen LogP contribution in [0.15, 0.2) is 35.5 Å². The van der Waals surface area contributed by atoms with Crippen LogP contribution in [0, 0.1) is 62.1 Å². The maximum atomic E-state index is 12.9. The zero-order chi connectivity index (χ0) is 32.3. The van der Waals surface area contributed by atoms with E-state index in [1.807, 2.05) is 6.08 Å². The van der Waals surface area contributed by atoms with Crippen LogP contribution in [0.1, 0.15) is 119 Å². The van der Waals surface area contributed by atoms with Crippen LogP contribution in [0.2, 0.25) is 0 Å². The summed E-state index contributed by atoms with van der Waals surface area (Å²) in [6.07, 6.45) is 14.0. The zero-order valence-corrected chi connectivity index (χ0v) is 27.8. The molecule has 9 atom stereocenters. The first kappa shape index (κ1) is 31.6. The summed E-state index contributed by atoms with van der Waals surface area (Å²) >= 11 is 0. The summed E-state index contributed by atoms with van der Waals surface area (Å²) in [6.45, 7) is 18.9. The molecule has 0 aromatic carbocycles. The van der Waals surface area contributed by atoms with Gasteiger partial charge in [-0.15, -0.1) is 0 Å². The van der Waals surface area contributed by atoms with E-state index in [4.69, 9.17) is 0 Å². The van der Waals surface area contributed by atoms with Gasteiger partial charge in [0.1, 0.15) is 0 Å². The Balaban J connectivity index is 1.34. The van der Waals surface area contributed by atoms with Crippen molar-refractivity contribution in [3.8, 4) is 0 Å². The average molecular weight is 607 g/mol. The molecule has 0 heterocycles. The summed E-state index contributed by atoms with van der Waals surface area (Å²) in [5.74, 6) is -1.17. The van der Waals surface area contributed by atoms with Crippen LogP contribution >= 0.6 is 0 Å². The predicted octanol–water partition coefficient (Wildman–Crippen LogP) is 8.53. The number of rotatable bonds is 5. The van der Waals surface area contributed by atoms with Crippen LogP contribution in [-0.4, -0.2) is 33.2 Å². The van der Waals surface area contributed by atoms with Gasteiger partial charge in [-0.1, -0.05) is 58.9 Å². The molecule has 0 aromatic heterocycles. The first-order valence-corrected chi connectivity index (χ1v) is 17.2. The Labute approximate surface area is 263 Å². The van der Waals surface area contributed by atoms with Gasteiger partial charge in [-0.25, -0.2) is 0 Å². The van der Waals surface area contributed by atoms with Crippen LogP contribution in [0.4, 0.5) is 0 Å². The molecule has 6 heteroatoms. The highest BCUT2D eigenvalue weighted by atomic mass is 16.4. The Bertz CT molecular complexity index is 1350. The number of aliphatic carboxylic acids is 3. The molecule has 0 saturated heterocycles. The maximum absolute atomic E-state index is 12.9. The van der Waals surface area contributed by atoms with E-state index in [9.17, 15) is 29.7 Å². The van der Waals surface area contributed by atoms with Gasteiger partial charge in [0.25, 0.3) is 0 Å². The highest BCUT2D eigenvalue weighted by Crippen LogP contribution is 2.77. The quantitative estimate of drug-likeness (QED) is 0.214. The van der Waals surface area contributed by atoms with Gasteiger partial charge < -0.3 is 15.3 Å². The van der Waals surface area contributed by atoms with Gasteiger partial charge in [-0.2, -0.15) is 0 Å². The molecule has 9 unspecified atom stereocenters. The minimum Gasteiger partial charge on any atom is -0.481 e. The van der Waals surface area contributed by atoms with Gasteiger partial charge in [-0.3, -0.25) is 14.4 Å². The van der Waals surface area contributed by atoms with Gasteiger partial charge in [0.2, 0.25) is 0 Å². The molecule has 0 bridgehead atoms. The molecule has 0 radical (unpaired) electrons. The van der Waals surface area contributed by atoms with E-state index in [1.165, 1.54) is 5.57 Å². The second-order valence-electron chi connectivity index (χ2n) is 17.3. The second kappa shape index (κ2) is 9.82. The summed E-state index contributed by atoms with van der Waals surface area (Å²) in [4.78, 5) is 36.8. The minimum atomic E-state index is -1.72. The largest absolute Gasteiger partial charge is 0.481 e. The Morgan fingerprint density at radius 3 is 2.00 bits per heavy atom. The first-order valence-electron chi connectivity index (χ1n) is 17.2. The fourth-order valence-electron chi connectivity index (χ4n) is 13.2. The van der Waals surface area contributed by atoms with Crippen molar-refractivity contribution in [1.29, 1.82) is 0 Å². The smallest absolute Gasteiger partial charge is 0.321 e. The molecule has 242 valence electrons. The summed E-state index contributed by atoms with van der Waals surface area (Å²) in [7, 11) is 0. The summed E-state index contributed by atoms with van der Waals surface area (Å²) < 4.78 is 0. The molecule has 3 N–H and O–H groups in total. The number of carboxylic acid groups (broad SMARTS) is 3. The van der Waals surface area contributed by atoms with Crippen LogP contribution in [0.3, 0.4) is 0 Å². The van der Waals surface area contributed by atoms with Crippen molar-refractivity contribution >= 4 is 17.9 Å². The van der Waals surface area contributed by atoms with Crippen molar-refractivity contribution in [2.45, 2.75) is 119 Å². The van der Waals surface area contributed by atoms with Gasteiger partial charge in [-0.05, 0) is 146 Å². The molecule has 6 rings (SSSR count). The Hall–Kier alpha value is -2.37. The monoisotopic (exact) mass is 606 g/mol. The summed E-state index contributed by atoms with van der Waals surface area (Å²) in [5.41, 5.74) is 1.50. The molecule has 0 amide bonds. The van der Waals surface area contributed by atoms with E-state index in [-0.39, 0.29) is 40.4 Å². The lowest BCUT2D eigenvalue weighted by Gasteiger charge is -2.72. The molecular formula is C38H54O6. The SMILES string of the molecule is C=C(C)C1CCC2(C(=O)O)CCC3(C)C(CCC4C5(C)CC=C(C6=CCC(C(=O)O)(C(=O)O)CC6)C(C)(C)C5CCC43C)C12. The van der Waals surface area contributed by atoms with E-state index < -0.39 is 28.7 Å². The standard InChI is InChI=1S/C38H54O6/c1-22(2)24-12-19-37(30(39)40)21-20-35(6)26(29(24)37)8-9-28-34(5)15-13-25(33(3,4)27(34)14-16-36(28,35)7)23-10-17-38(18-11-23,31(41)42)32(43)44/h10,13,24,26-29H,1,8-9,11-12,14-21H2,2-7H3,(H,39,40)(H,41,42)(H,43,44). The van der Waals surface area contributed by atoms with Crippen LogP contribution in [0.25, 0.3) is 0 Å². The third-order valence-electron chi connectivity index (χ3n) is 15.8. The van der Waals surface area contributed by atoms with Crippen LogP contribution < -0.4 is 0 Å². The van der Waals surface area contributed by atoms with Crippen molar-refractivity contribution in [2.75, 3.05) is 0 Å². The molecular weight excluding hydrogens is 552 g/mol. The number of carbonyl (C=O) groups is 3. The fourth-order valence-corrected chi connectivity index (χ4v) is 13.2. The molecule has 4 fully saturated rings. The third-order valence-corrected chi connectivity index (χ3v) is 15.8. The molecule has 0 aliphatic heterocycles. The molecule has 44 heavy (non-hydrogen) atoms. The molecule has 6 aliphatic rings. The average Bonchev–Trinajstić information content (AvgIpc) is 3.35. The van der Waals surface area contributed by atoms with Gasteiger partial charge in [0.05, 0.1) is 5.41 Å². The number of fused-ring (bicyclic) bond motifs is 7. The van der Waals surface area contributed by atoms with E-state index in [0.717, 1.165) is 68.9 Å². The molecule has 4 saturated carbocycles. The second-order valence-corrected chi connectivity index (χ2v) is 17.3. The predicted molar refractivity (Wildman–Crippen MR) is 170 cm³/mol. The minimum absolute atomic E-state index is 0.0347. The molecule has 6 nitrogen and oxygen atoms in total. The van der Waals surface area contributed by atoms with E-state index >= 15 is 0 Å². The van der Waals surface area contributed by atoms with E-state index in [2.05, 4.69) is 54.2 Å². The Morgan fingerprint density at radius 2 is 1.43 bits per heavy atom. The summed E-state index contributed by atoms with van der Waals surface area (Å²) in [5, 5.41) is 30.2. The number of hydrogen-bond acceptors (Lipinski definition) is 3. The highest BCUT2D eigenvalue weighted by molar-refractivity contribution is 5.98.